The molecule has 0 bridgehead atoms. The maximum atomic E-state index is 9.79. The summed E-state index contributed by atoms with van der Waals surface area (Å²) in [6.45, 7) is 10.7. The zero-order chi connectivity index (χ0) is 14.3. The molecule has 0 heterocycles. The van der Waals surface area contributed by atoms with Crippen LogP contribution in [0.4, 0.5) is 0 Å². The van der Waals surface area contributed by atoms with Gasteiger partial charge in [0.1, 0.15) is 0 Å². The Bertz CT molecular complexity index is 151. The number of nitrogens with two attached hydrogens (primary N) is 1. The fourth-order valence-electron chi connectivity index (χ4n) is 0.744. The van der Waals surface area contributed by atoms with E-state index in [2.05, 4.69) is 46.5 Å². The van der Waals surface area contributed by atoms with Crippen molar-refractivity contribution in [1.29, 1.82) is 0 Å². The van der Waals surface area contributed by atoms with Crippen LogP contribution in [0.25, 0.3) is 0 Å². The summed E-state index contributed by atoms with van der Waals surface area (Å²) in [4.78, 5) is 12.0. The fourth-order valence-corrected chi connectivity index (χ4v) is 0.744. The third-order valence-electron chi connectivity index (χ3n) is 1.83. The van der Waals surface area contributed by atoms with E-state index in [-0.39, 0.29) is 6.61 Å². The molecule has 108 valence electrons. The van der Waals surface area contributed by atoms with E-state index < -0.39 is 5.54 Å². The van der Waals surface area contributed by atoms with Crippen LogP contribution in [0.1, 0.15) is 34.1 Å². The molecule has 0 aliphatic carbocycles. The Morgan fingerprint density at radius 3 is 1.88 bits per heavy atom. The number of halogens is 1. The van der Waals surface area contributed by atoms with Crippen LogP contribution in [0, 0.1) is 0 Å². The van der Waals surface area contributed by atoms with Gasteiger partial charge in [0, 0.05) is 5.54 Å². The van der Waals surface area contributed by atoms with Gasteiger partial charge in [-0.25, -0.2) is 0 Å². The van der Waals surface area contributed by atoms with Crippen LogP contribution in [0.5, 0.6) is 0 Å². The molecule has 17 heavy (non-hydrogen) atoms. The van der Waals surface area contributed by atoms with Crippen LogP contribution in [0.3, 0.4) is 0 Å². The van der Waals surface area contributed by atoms with E-state index in [4.69, 9.17) is 10.8 Å². The Hall–Kier alpha value is 0.502. The van der Waals surface area contributed by atoms with Crippen molar-refractivity contribution in [1.82, 2.24) is 4.90 Å². The molecule has 0 spiro atoms. The summed E-state index contributed by atoms with van der Waals surface area (Å²) in [6, 6.07) is 0. The summed E-state index contributed by atoms with van der Waals surface area (Å²) in [5.74, 6) is 0. The number of hydrogen-bond donors (Lipinski definition) is 2. The van der Waals surface area contributed by atoms with Crippen molar-refractivity contribution in [3.63, 3.8) is 0 Å². The number of nitrogens with zero attached hydrogens (tertiary/aromatic N) is 1. The Labute approximate surface area is 120 Å². The van der Waals surface area contributed by atoms with Crippen LogP contribution >= 0.6 is 9.53 Å². The second kappa shape index (κ2) is 16.5. The number of aliphatic hydroxyl groups excluding tert-OH is 1. The number of aliphatic hydroxyl groups is 1. The predicted molar refractivity (Wildman–Crippen MR) is 69.3 cm³/mol. The summed E-state index contributed by atoms with van der Waals surface area (Å²) in [5.41, 5.74) is 4.88. The molecule has 0 unspecified atom stereocenters. The van der Waals surface area contributed by atoms with Gasteiger partial charge in [-0.1, -0.05) is 13.8 Å². The molecular formula is C11H25ClN2O2Pd. The molecule has 0 aromatic heterocycles. The van der Waals surface area contributed by atoms with Gasteiger partial charge in [0.05, 0.1) is 6.61 Å². The summed E-state index contributed by atoms with van der Waals surface area (Å²) < 4.78 is 0. The van der Waals surface area contributed by atoms with Crippen LogP contribution in [-0.2, 0) is 23.0 Å². The normalized spacial score (nSPS) is 10.0. The third-order valence-corrected chi connectivity index (χ3v) is 1.83. The molecule has 3 N–H and O–H groups in total. The monoisotopic (exact) mass is 358 g/mol. The molecule has 6 heteroatoms. The molecule has 0 saturated carbocycles. The van der Waals surface area contributed by atoms with Crippen molar-refractivity contribution in [2.75, 3.05) is 26.2 Å². The maximum absolute atomic E-state index is 9.79. The molecule has 0 aromatic carbocycles. The first-order chi connectivity index (χ1) is 7.91. The van der Waals surface area contributed by atoms with Crippen LogP contribution in [-0.4, -0.2) is 48.1 Å². The van der Waals surface area contributed by atoms with Gasteiger partial charge < -0.3 is 20.5 Å². The van der Waals surface area contributed by atoms with E-state index in [1.54, 1.807) is 13.8 Å². The van der Waals surface area contributed by atoms with Gasteiger partial charge in [0.15, 0.2) is 0 Å². The van der Waals surface area contributed by atoms with Crippen molar-refractivity contribution in [2.24, 2.45) is 5.73 Å². The zero-order valence-corrected chi connectivity index (χ0v) is 13.4. The van der Waals surface area contributed by atoms with Crippen molar-refractivity contribution >= 4 is 15.8 Å². The average Bonchev–Trinajstić information content (AvgIpc) is 2.33. The molecule has 0 saturated heterocycles. The second-order valence-electron chi connectivity index (χ2n) is 4.07. The van der Waals surface area contributed by atoms with Gasteiger partial charge >= 0.3 is 27.7 Å². The summed E-state index contributed by atoms with van der Waals surface area (Å²) in [7, 11) is 4.49. The first kappa shape index (κ1) is 22.7. The molecule has 0 amide bonds. The zero-order valence-electron chi connectivity index (χ0n) is 11.1. The van der Waals surface area contributed by atoms with Gasteiger partial charge in [-0.15, -0.1) is 6.42 Å². The van der Waals surface area contributed by atoms with E-state index in [0.717, 1.165) is 19.6 Å². The first-order valence-corrected chi connectivity index (χ1v) is 7.50. The van der Waals surface area contributed by atoms with Crippen molar-refractivity contribution in [2.45, 2.75) is 39.7 Å². The second-order valence-corrected chi connectivity index (χ2v) is 4.07. The average molecular weight is 359 g/mol. The van der Waals surface area contributed by atoms with Gasteiger partial charge in [0.2, 0.25) is 0 Å². The minimum absolute atomic E-state index is 0.0486. The molecular weight excluding hydrogens is 334 g/mol. The molecule has 4 nitrogen and oxygen atoms in total. The molecule has 0 atom stereocenters. The van der Waals surface area contributed by atoms with Crippen molar-refractivity contribution in [3.05, 3.63) is 0 Å². The number of hydrogen-bond acceptors (Lipinski definition) is 4. The standard InChI is InChI=1S/C7H14NO.C4H11NO.ClH.Pd/c1-3-8(4-2)6-5-7-9;1-4(2,5)3-6;;/h3-6H2,1-2H3;6H,3,5H2,1-2H3;1H;/q-1;;;+2/p-1. The van der Waals surface area contributed by atoms with Crippen LogP contribution in [0.15, 0.2) is 0 Å². The van der Waals surface area contributed by atoms with Crippen LogP contribution in [0.2, 0.25) is 0 Å². The van der Waals surface area contributed by atoms with Gasteiger partial charge in [-0.2, -0.15) is 0 Å². The van der Waals surface area contributed by atoms with Gasteiger partial charge in [-0.3, -0.25) is 6.29 Å². The van der Waals surface area contributed by atoms with E-state index >= 15 is 0 Å². The van der Waals surface area contributed by atoms with Crippen molar-refractivity contribution in [3.8, 4) is 0 Å². The number of carbonyl (C=O) groups excluding carboxylic acids is 1. The Morgan fingerprint density at radius 1 is 1.35 bits per heavy atom. The van der Waals surface area contributed by atoms with E-state index in [1.807, 2.05) is 6.29 Å². The Kier molecular flexibility index (Phi) is 22.0. The molecule has 0 aliphatic heterocycles. The molecule has 0 aliphatic rings. The fraction of sp³-hybridized carbons (Fsp3) is 0.909. The Balaban J connectivity index is -0.000000213. The van der Waals surface area contributed by atoms with Gasteiger partial charge in [-0.05, 0) is 33.5 Å². The van der Waals surface area contributed by atoms with E-state index in [1.165, 1.54) is 0 Å². The minimum atomic E-state index is -0.403. The van der Waals surface area contributed by atoms with E-state index in [9.17, 15) is 4.79 Å². The summed E-state index contributed by atoms with van der Waals surface area (Å²) in [5, 5.41) is 8.28. The predicted octanol–water partition coefficient (Wildman–Crippen LogP) is 1.23. The quantitative estimate of drug-likeness (QED) is 0.553. The Morgan fingerprint density at radius 2 is 1.71 bits per heavy atom. The first-order valence-electron chi connectivity index (χ1n) is 5.50. The topological polar surface area (TPSA) is 66.6 Å². The SMILES string of the molecule is CC(C)(N)CO.CCN(CC)CC[C-]=O.[Cl][Pd+]. The van der Waals surface area contributed by atoms with Crippen molar-refractivity contribution < 1.29 is 28.1 Å². The number of rotatable bonds is 6. The van der Waals surface area contributed by atoms with Crippen LogP contribution < -0.4 is 5.73 Å². The molecule has 0 rings (SSSR count). The van der Waals surface area contributed by atoms with Gasteiger partial charge in [0.25, 0.3) is 0 Å². The molecule has 0 radical (unpaired) electrons. The summed E-state index contributed by atoms with van der Waals surface area (Å²) >= 11 is 2.22. The molecule has 0 fully saturated rings. The molecule has 0 aromatic rings. The third kappa shape index (κ3) is 26.2. The van der Waals surface area contributed by atoms with E-state index in [0.29, 0.717) is 6.42 Å². The summed E-state index contributed by atoms with van der Waals surface area (Å²) in [6.07, 6.45) is 2.42.